The average molecular weight is 434 g/mol. The minimum atomic E-state index is 0.0981. The van der Waals surface area contributed by atoms with Crippen molar-refractivity contribution >= 4 is 23.6 Å². The Bertz CT molecular complexity index is 1060. The molecule has 0 bridgehead atoms. The van der Waals surface area contributed by atoms with E-state index in [1.165, 1.54) is 0 Å². The van der Waals surface area contributed by atoms with Gasteiger partial charge in [0.1, 0.15) is 5.69 Å². The van der Waals surface area contributed by atoms with Crippen molar-refractivity contribution in [1.29, 1.82) is 0 Å². The number of benzene rings is 2. The van der Waals surface area contributed by atoms with E-state index in [2.05, 4.69) is 22.2 Å². The number of carbonyl (C=O) groups is 1. The zero-order chi connectivity index (χ0) is 21.2. The van der Waals surface area contributed by atoms with Gasteiger partial charge in [-0.25, -0.2) is 0 Å². The van der Waals surface area contributed by atoms with Crippen molar-refractivity contribution in [2.75, 3.05) is 29.5 Å². The molecule has 1 aromatic heterocycles. The maximum atomic E-state index is 13.6. The lowest BCUT2D eigenvalue weighted by Gasteiger charge is -2.28. The number of hydrogen-bond donors (Lipinski definition) is 0. The molecular formula is C25H27N3O2S. The molecule has 5 nitrogen and oxygen atoms in total. The van der Waals surface area contributed by atoms with E-state index in [9.17, 15) is 4.79 Å². The van der Waals surface area contributed by atoms with Crippen LogP contribution in [0.3, 0.4) is 0 Å². The third-order valence-corrected chi connectivity index (χ3v) is 7.01. The van der Waals surface area contributed by atoms with Crippen molar-refractivity contribution in [2.45, 2.75) is 32.4 Å². The molecule has 2 fully saturated rings. The molecule has 0 radical (unpaired) electrons. The molecule has 1 aliphatic heterocycles. The molecule has 1 aliphatic carbocycles. The molecule has 160 valence electrons. The minimum Gasteiger partial charge on any atom is -0.339 e. The van der Waals surface area contributed by atoms with Crippen LogP contribution < -0.4 is 4.90 Å². The fourth-order valence-corrected chi connectivity index (χ4v) is 5.07. The molecule has 2 heterocycles. The highest BCUT2D eigenvalue weighted by atomic mass is 32.2. The molecule has 3 aromatic rings. The van der Waals surface area contributed by atoms with Gasteiger partial charge in [0.05, 0.1) is 12.1 Å². The van der Waals surface area contributed by atoms with Crippen LogP contribution >= 0.6 is 11.8 Å². The Hall–Kier alpha value is -2.73. The van der Waals surface area contributed by atoms with Crippen LogP contribution in [-0.4, -0.2) is 46.6 Å². The van der Waals surface area contributed by atoms with Crippen molar-refractivity contribution in [3.63, 3.8) is 0 Å². The molecule has 1 saturated carbocycles. The second kappa shape index (κ2) is 8.79. The Morgan fingerprint density at radius 3 is 2.52 bits per heavy atom. The number of nitrogens with zero attached hydrogens (tertiary/aromatic N) is 3. The van der Waals surface area contributed by atoms with Gasteiger partial charge in [0, 0.05) is 41.8 Å². The molecule has 2 aromatic carbocycles. The Balaban J connectivity index is 1.53. The lowest BCUT2D eigenvalue weighted by atomic mass is 10.0. The first kappa shape index (κ1) is 20.2. The first-order chi connectivity index (χ1) is 15.2. The van der Waals surface area contributed by atoms with Gasteiger partial charge in [0.25, 0.3) is 5.91 Å². The van der Waals surface area contributed by atoms with E-state index < -0.39 is 0 Å². The summed E-state index contributed by atoms with van der Waals surface area (Å²) in [5, 5.41) is 4.48. The molecule has 6 heteroatoms. The van der Waals surface area contributed by atoms with Crippen molar-refractivity contribution in [3.05, 3.63) is 71.3 Å². The van der Waals surface area contributed by atoms with Gasteiger partial charge in [-0.1, -0.05) is 53.7 Å². The normalized spacial score (nSPS) is 16.4. The quantitative estimate of drug-likeness (QED) is 0.547. The zero-order valence-corrected chi connectivity index (χ0v) is 18.6. The van der Waals surface area contributed by atoms with Crippen LogP contribution in [0.4, 0.5) is 5.88 Å². The van der Waals surface area contributed by atoms with Crippen molar-refractivity contribution in [2.24, 2.45) is 0 Å². The lowest BCUT2D eigenvalue weighted by molar-refractivity contribution is 0.0729. The molecule has 31 heavy (non-hydrogen) atoms. The number of amides is 1. The van der Waals surface area contributed by atoms with Gasteiger partial charge in [-0.2, -0.15) is 11.8 Å². The van der Waals surface area contributed by atoms with Crippen LogP contribution in [0.1, 0.15) is 34.3 Å². The fourth-order valence-electron chi connectivity index (χ4n) is 4.17. The van der Waals surface area contributed by atoms with Crippen molar-refractivity contribution < 1.29 is 9.32 Å². The van der Waals surface area contributed by atoms with E-state index in [0.717, 1.165) is 71.3 Å². The highest BCUT2D eigenvalue weighted by molar-refractivity contribution is 7.99. The number of aryl methyl sites for hydroxylation is 1. The summed E-state index contributed by atoms with van der Waals surface area (Å²) < 4.78 is 5.93. The summed E-state index contributed by atoms with van der Waals surface area (Å²) in [5.74, 6) is 3.08. The molecule has 0 N–H and O–H groups in total. The number of aromatic nitrogens is 1. The summed E-state index contributed by atoms with van der Waals surface area (Å²) in [6, 6.07) is 18.3. The van der Waals surface area contributed by atoms with Crippen molar-refractivity contribution in [3.8, 4) is 11.3 Å². The van der Waals surface area contributed by atoms with Crippen LogP contribution in [0, 0.1) is 6.92 Å². The van der Waals surface area contributed by atoms with E-state index in [1.807, 2.05) is 66.1 Å². The van der Waals surface area contributed by atoms with E-state index in [-0.39, 0.29) is 11.9 Å². The SMILES string of the molecule is Cc1ccccc1C(=O)N(Cc1c(-c2ccccc2)noc1N1CCSCC1)C1CC1. The Morgan fingerprint density at radius 1 is 1.10 bits per heavy atom. The summed E-state index contributed by atoms with van der Waals surface area (Å²) in [7, 11) is 0. The van der Waals surface area contributed by atoms with Gasteiger partial charge in [0.2, 0.25) is 5.88 Å². The third-order valence-electron chi connectivity index (χ3n) is 6.07. The number of carbonyl (C=O) groups excluding carboxylic acids is 1. The third kappa shape index (κ3) is 4.22. The summed E-state index contributed by atoms with van der Waals surface area (Å²) in [6.45, 7) is 4.40. The maximum Gasteiger partial charge on any atom is 0.254 e. The highest BCUT2D eigenvalue weighted by Gasteiger charge is 2.36. The van der Waals surface area contributed by atoms with E-state index in [4.69, 9.17) is 4.52 Å². The fraction of sp³-hybridized carbons (Fsp3) is 0.360. The molecular weight excluding hydrogens is 406 g/mol. The van der Waals surface area contributed by atoms with Gasteiger partial charge in [-0.3, -0.25) is 4.79 Å². The van der Waals surface area contributed by atoms with Gasteiger partial charge in [-0.15, -0.1) is 0 Å². The predicted octanol–water partition coefficient (Wildman–Crippen LogP) is 5.01. The number of hydrogen-bond acceptors (Lipinski definition) is 5. The van der Waals surface area contributed by atoms with Gasteiger partial charge < -0.3 is 14.3 Å². The molecule has 0 spiro atoms. The second-order valence-corrected chi connectivity index (χ2v) is 9.48. The van der Waals surface area contributed by atoms with E-state index >= 15 is 0 Å². The van der Waals surface area contributed by atoms with Gasteiger partial charge in [0.15, 0.2) is 0 Å². The highest BCUT2D eigenvalue weighted by Crippen LogP contribution is 2.37. The molecule has 0 atom stereocenters. The van der Waals surface area contributed by atoms with E-state index in [1.54, 1.807) is 0 Å². The van der Waals surface area contributed by atoms with Gasteiger partial charge >= 0.3 is 0 Å². The van der Waals surface area contributed by atoms with Crippen LogP contribution in [0.15, 0.2) is 59.1 Å². The summed E-state index contributed by atoms with van der Waals surface area (Å²) in [6.07, 6.45) is 2.11. The smallest absolute Gasteiger partial charge is 0.254 e. The van der Waals surface area contributed by atoms with Crippen molar-refractivity contribution in [1.82, 2.24) is 10.1 Å². The average Bonchev–Trinajstić information content (AvgIpc) is 3.57. The number of thioether (sulfide) groups is 1. The van der Waals surface area contributed by atoms with Crippen LogP contribution in [0.5, 0.6) is 0 Å². The lowest BCUT2D eigenvalue weighted by Crippen LogP contribution is -2.36. The predicted molar refractivity (Wildman–Crippen MR) is 126 cm³/mol. The van der Waals surface area contributed by atoms with Gasteiger partial charge in [-0.05, 0) is 31.4 Å². The molecule has 5 rings (SSSR count). The Morgan fingerprint density at radius 2 is 1.81 bits per heavy atom. The topological polar surface area (TPSA) is 49.6 Å². The molecule has 2 aliphatic rings. The van der Waals surface area contributed by atoms with Crippen LogP contribution in [0.25, 0.3) is 11.3 Å². The van der Waals surface area contributed by atoms with E-state index in [0.29, 0.717) is 6.54 Å². The summed E-state index contributed by atoms with van der Waals surface area (Å²) in [5.41, 5.74) is 4.69. The first-order valence-corrected chi connectivity index (χ1v) is 12.1. The van der Waals surface area contributed by atoms with Crippen LogP contribution in [-0.2, 0) is 6.54 Å². The standard InChI is InChI=1S/C25H27N3O2S/c1-18-7-5-6-10-21(18)24(29)28(20-11-12-20)17-22-23(19-8-3-2-4-9-19)26-30-25(22)27-13-15-31-16-14-27/h2-10,20H,11-17H2,1H3. The molecule has 1 saturated heterocycles. The molecule has 1 amide bonds. The Kier molecular flexibility index (Phi) is 5.72. The zero-order valence-electron chi connectivity index (χ0n) is 17.8. The maximum absolute atomic E-state index is 13.6. The number of rotatable bonds is 6. The summed E-state index contributed by atoms with van der Waals surface area (Å²) >= 11 is 1.97. The molecule has 0 unspecified atom stereocenters. The number of anilines is 1. The minimum absolute atomic E-state index is 0.0981. The second-order valence-electron chi connectivity index (χ2n) is 8.26. The summed E-state index contributed by atoms with van der Waals surface area (Å²) in [4.78, 5) is 17.9. The van der Waals surface area contributed by atoms with Crippen LogP contribution in [0.2, 0.25) is 0 Å². The first-order valence-electron chi connectivity index (χ1n) is 11.0. The Labute approximate surface area is 187 Å². The largest absolute Gasteiger partial charge is 0.339 e. The monoisotopic (exact) mass is 433 g/mol.